The van der Waals surface area contributed by atoms with E-state index in [2.05, 4.69) is 40.8 Å². The summed E-state index contributed by atoms with van der Waals surface area (Å²) in [5.41, 5.74) is 1.38. The standard InChI is InChI=1S/C17H19ClFN3/c1-11-15(19)16(21-10-20-11)22-9-8-14(17(22,2)3)12-4-6-13(18)7-5-12/h4-7,10,14H,8-9H2,1-3H3. The van der Waals surface area contributed by atoms with Crippen LogP contribution in [0.5, 0.6) is 0 Å². The third kappa shape index (κ3) is 2.45. The van der Waals surface area contributed by atoms with Crippen LogP contribution >= 0.6 is 11.6 Å². The summed E-state index contributed by atoms with van der Waals surface area (Å²) in [5, 5.41) is 0.730. The highest BCUT2D eigenvalue weighted by atomic mass is 35.5. The molecule has 5 heteroatoms. The third-order valence-electron chi connectivity index (χ3n) is 4.66. The minimum absolute atomic E-state index is 0.227. The summed E-state index contributed by atoms with van der Waals surface area (Å²) in [7, 11) is 0. The number of anilines is 1. The van der Waals surface area contributed by atoms with Crippen molar-refractivity contribution in [2.75, 3.05) is 11.4 Å². The Morgan fingerprint density at radius 2 is 1.91 bits per heavy atom. The fourth-order valence-corrected chi connectivity index (χ4v) is 3.50. The monoisotopic (exact) mass is 319 g/mol. The molecule has 1 aromatic carbocycles. The molecule has 1 aromatic heterocycles. The van der Waals surface area contributed by atoms with E-state index >= 15 is 0 Å². The minimum atomic E-state index is -0.327. The number of halogens is 2. The maximum Gasteiger partial charge on any atom is 0.186 e. The van der Waals surface area contributed by atoms with Crippen molar-refractivity contribution in [3.05, 3.63) is 52.7 Å². The fraction of sp³-hybridized carbons (Fsp3) is 0.412. The van der Waals surface area contributed by atoms with E-state index in [0.717, 1.165) is 18.0 Å². The second kappa shape index (κ2) is 5.51. The molecule has 0 spiro atoms. The van der Waals surface area contributed by atoms with Crippen LogP contribution in [0.3, 0.4) is 0 Å². The molecule has 0 radical (unpaired) electrons. The van der Waals surface area contributed by atoms with E-state index in [1.807, 2.05) is 12.1 Å². The van der Waals surface area contributed by atoms with E-state index in [0.29, 0.717) is 17.4 Å². The maximum absolute atomic E-state index is 14.4. The molecule has 2 aromatic rings. The predicted octanol–water partition coefficient (Wildman–Crippen LogP) is 4.35. The second-order valence-electron chi connectivity index (χ2n) is 6.29. The van der Waals surface area contributed by atoms with Crippen LogP contribution in [0.1, 0.15) is 37.4 Å². The van der Waals surface area contributed by atoms with Crippen molar-refractivity contribution in [1.82, 2.24) is 9.97 Å². The average molecular weight is 320 g/mol. The first-order chi connectivity index (χ1) is 10.4. The van der Waals surface area contributed by atoms with Gasteiger partial charge in [0.25, 0.3) is 0 Å². The Labute approximate surface area is 135 Å². The Kier molecular flexibility index (Phi) is 3.81. The summed E-state index contributed by atoms with van der Waals surface area (Å²) in [5.74, 6) is 0.376. The molecular weight excluding hydrogens is 301 g/mol. The molecule has 1 aliphatic rings. The average Bonchev–Trinajstić information content (AvgIpc) is 2.78. The Bertz CT molecular complexity index is 685. The van der Waals surface area contributed by atoms with Crippen molar-refractivity contribution in [2.24, 2.45) is 0 Å². The molecule has 1 unspecified atom stereocenters. The van der Waals surface area contributed by atoms with Crippen molar-refractivity contribution in [1.29, 1.82) is 0 Å². The highest BCUT2D eigenvalue weighted by Crippen LogP contribution is 2.44. The van der Waals surface area contributed by atoms with Crippen LogP contribution in [0.15, 0.2) is 30.6 Å². The van der Waals surface area contributed by atoms with Crippen molar-refractivity contribution < 1.29 is 4.39 Å². The largest absolute Gasteiger partial charge is 0.348 e. The van der Waals surface area contributed by atoms with Gasteiger partial charge in [0, 0.05) is 23.0 Å². The highest BCUT2D eigenvalue weighted by Gasteiger charge is 2.43. The van der Waals surface area contributed by atoms with Gasteiger partial charge in [0.05, 0.1) is 5.69 Å². The number of rotatable bonds is 2. The zero-order valence-corrected chi connectivity index (χ0v) is 13.7. The van der Waals surface area contributed by atoms with E-state index in [4.69, 9.17) is 11.6 Å². The quantitative estimate of drug-likeness (QED) is 0.824. The minimum Gasteiger partial charge on any atom is -0.348 e. The molecule has 1 saturated heterocycles. The van der Waals surface area contributed by atoms with Crippen LogP contribution in [-0.2, 0) is 0 Å². The molecule has 0 saturated carbocycles. The second-order valence-corrected chi connectivity index (χ2v) is 6.73. The van der Waals surface area contributed by atoms with Crippen LogP contribution < -0.4 is 4.90 Å². The number of hydrogen-bond donors (Lipinski definition) is 0. The van der Waals surface area contributed by atoms with Gasteiger partial charge in [-0.1, -0.05) is 23.7 Å². The van der Waals surface area contributed by atoms with Crippen LogP contribution in [0.25, 0.3) is 0 Å². The lowest BCUT2D eigenvalue weighted by Crippen LogP contribution is -2.42. The molecular formula is C17H19ClFN3. The van der Waals surface area contributed by atoms with Crippen LogP contribution in [-0.4, -0.2) is 22.1 Å². The molecule has 3 rings (SSSR count). The van der Waals surface area contributed by atoms with Gasteiger partial charge in [0.15, 0.2) is 11.6 Å². The van der Waals surface area contributed by atoms with E-state index in [9.17, 15) is 4.39 Å². The smallest absolute Gasteiger partial charge is 0.186 e. The van der Waals surface area contributed by atoms with Crippen molar-refractivity contribution in [3.8, 4) is 0 Å². The first kappa shape index (κ1) is 15.2. The fourth-order valence-electron chi connectivity index (χ4n) is 3.37. The summed E-state index contributed by atoms with van der Waals surface area (Å²) >= 11 is 5.98. The third-order valence-corrected chi connectivity index (χ3v) is 4.92. The van der Waals surface area contributed by atoms with E-state index in [-0.39, 0.29) is 11.4 Å². The summed E-state index contributed by atoms with van der Waals surface area (Å²) in [6.45, 7) is 6.71. The van der Waals surface area contributed by atoms with Gasteiger partial charge in [-0.15, -0.1) is 0 Å². The normalized spacial score (nSPS) is 20.4. The first-order valence-electron chi connectivity index (χ1n) is 7.41. The van der Waals surface area contributed by atoms with E-state index in [1.54, 1.807) is 6.92 Å². The topological polar surface area (TPSA) is 29.0 Å². The molecule has 22 heavy (non-hydrogen) atoms. The molecule has 3 nitrogen and oxygen atoms in total. The SMILES string of the molecule is Cc1ncnc(N2CCC(c3ccc(Cl)cc3)C2(C)C)c1F. The summed E-state index contributed by atoms with van der Waals surface area (Å²) in [4.78, 5) is 10.1. The van der Waals surface area contributed by atoms with Gasteiger partial charge in [-0.3, -0.25) is 0 Å². The van der Waals surface area contributed by atoms with Gasteiger partial charge in [-0.25, -0.2) is 14.4 Å². The van der Waals surface area contributed by atoms with Gasteiger partial charge in [-0.05, 0) is 44.9 Å². The summed E-state index contributed by atoms with van der Waals surface area (Å²) in [6, 6.07) is 7.93. The van der Waals surface area contributed by atoms with Gasteiger partial charge in [-0.2, -0.15) is 0 Å². The number of nitrogens with zero attached hydrogens (tertiary/aromatic N) is 3. The summed E-state index contributed by atoms with van der Waals surface area (Å²) in [6.07, 6.45) is 2.39. The highest BCUT2D eigenvalue weighted by molar-refractivity contribution is 6.30. The Hall–Kier alpha value is -1.68. The first-order valence-corrected chi connectivity index (χ1v) is 7.79. The molecule has 0 N–H and O–H groups in total. The van der Waals surface area contributed by atoms with Gasteiger partial charge in [0.1, 0.15) is 6.33 Å². The molecule has 1 atom stereocenters. The van der Waals surface area contributed by atoms with Gasteiger partial charge < -0.3 is 4.90 Å². The lowest BCUT2D eigenvalue weighted by molar-refractivity contribution is 0.446. The molecule has 0 amide bonds. The lowest BCUT2D eigenvalue weighted by Gasteiger charge is -2.37. The van der Waals surface area contributed by atoms with Crippen LogP contribution in [0.4, 0.5) is 10.2 Å². The van der Waals surface area contributed by atoms with Crippen molar-refractivity contribution in [2.45, 2.75) is 38.6 Å². The number of benzene rings is 1. The zero-order valence-electron chi connectivity index (χ0n) is 13.0. The predicted molar refractivity (Wildman–Crippen MR) is 87.0 cm³/mol. The van der Waals surface area contributed by atoms with Crippen LogP contribution in [0.2, 0.25) is 5.02 Å². The molecule has 1 aliphatic heterocycles. The van der Waals surface area contributed by atoms with E-state index < -0.39 is 0 Å². The lowest BCUT2D eigenvalue weighted by atomic mass is 9.83. The van der Waals surface area contributed by atoms with Gasteiger partial charge >= 0.3 is 0 Å². The number of aromatic nitrogens is 2. The zero-order chi connectivity index (χ0) is 15.9. The number of aryl methyl sites for hydroxylation is 1. The van der Waals surface area contributed by atoms with Crippen molar-refractivity contribution >= 4 is 17.4 Å². The Morgan fingerprint density at radius 3 is 2.59 bits per heavy atom. The number of hydrogen-bond acceptors (Lipinski definition) is 3. The van der Waals surface area contributed by atoms with Crippen molar-refractivity contribution in [3.63, 3.8) is 0 Å². The molecule has 0 aliphatic carbocycles. The molecule has 116 valence electrons. The maximum atomic E-state index is 14.4. The summed E-state index contributed by atoms with van der Waals surface area (Å²) < 4.78 is 14.4. The van der Waals surface area contributed by atoms with Gasteiger partial charge in [0.2, 0.25) is 0 Å². The Balaban J connectivity index is 1.96. The van der Waals surface area contributed by atoms with Crippen LogP contribution in [0, 0.1) is 12.7 Å². The molecule has 2 heterocycles. The molecule has 0 bridgehead atoms. The Morgan fingerprint density at radius 1 is 1.23 bits per heavy atom. The van der Waals surface area contributed by atoms with E-state index in [1.165, 1.54) is 11.9 Å². The molecule has 1 fully saturated rings.